The molecule has 1 atom stereocenters. The minimum Gasteiger partial charge on any atom is -0.207 e. The van der Waals surface area contributed by atoms with Gasteiger partial charge in [-0.05, 0) is 41.8 Å². The molecule has 1 unspecified atom stereocenters. The molecule has 0 aliphatic carbocycles. The lowest BCUT2D eigenvalue weighted by Crippen LogP contribution is -1.98. The second-order valence-corrected chi connectivity index (χ2v) is 6.33. The highest BCUT2D eigenvalue weighted by Crippen LogP contribution is 2.39. The number of aryl methyl sites for hydroxylation is 1. The first-order valence-corrected chi connectivity index (χ1v) is 7.53. The van der Waals surface area contributed by atoms with Gasteiger partial charge in [-0.25, -0.2) is 8.78 Å². The molecular formula is C14H9Br2ClF2. The zero-order valence-electron chi connectivity index (χ0n) is 9.85. The molecule has 2 aromatic rings. The second kappa shape index (κ2) is 5.90. The number of alkyl halides is 1. The standard InChI is InChI=1S/C14H9Br2ClF2/c1-7-4-10(12(17)6-13(7)19)14(16)9-3-2-8(18)5-11(9)15/h2-6,14H,1H3. The average Bonchev–Trinajstić information content (AvgIpc) is 2.33. The van der Waals surface area contributed by atoms with Crippen LogP contribution in [0.4, 0.5) is 8.78 Å². The third kappa shape index (κ3) is 3.18. The Balaban J connectivity index is 2.49. The van der Waals surface area contributed by atoms with E-state index < -0.39 is 0 Å². The van der Waals surface area contributed by atoms with E-state index in [1.807, 2.05) is 0 Å². The van der Waals surface area contributed by atoms with Crippen LogP contribution < -0.4 is 0 Å². The molecule has 19 heavy (non-hydrogen) atoms. The topological polar surface area (TPSA) is 0 Å². The highest BCUT2D eigenvalue weighted by Gasteiger charge is 2.18. The fourth-order valence-electron chi connectivity index (χ4n) is 1.75. The second-order valence-electron chi connectivity index (χ2n) is 4.15. The van der Waals surface area contributed by atoms with E-state index in [1.54, 1.807) is 19.1 Å². The summed E-state index contributed by atoms with van der Waals surface area (Å²) < 4.78 is 27.1. The maximum atomic E-state index is 13.4. The van der Waals surface area contributed by atoms with Crippen molar-refractivity contribution in [1.82, 2.24) is 0 Å². The molecule has 0 spiro atoms. The summed E-state index contributed by atoms with van der Waals surface area (Å²) in [6.45, 7) is 1.68. The third-order valence-electron chi connectivity index (χ3n) is 2.79. The molecule has 0 nitrogen and oxygen atoms in total. The average molecular weight is 410 g/mol. The third-order valence-corrected chi connectivity index (χ3v) is 4.79. The van der Waals surface area contributed by atoms with Gasteiger partial charge in [0.15, 0.2) is 0 Å². The largest absolute Gasteiger partial charge is 0.207 e. The van der Waals surface area contributed by atoms with Crippen LogP contribution in [0.3, 0.4) is 0 Å². The summed E-state index contributed by atoms with van der Waals surface area (Å²) in [6, 6.07) is 7.39. The fraction of sp³-hybridized carbons (Fsp3) is 0.143. The monoisotopic (exact) mass is 408 g/mol. The van der Waals surface area contributed by atoms with Gasteiger partial charge in [-0.1, -0.05) is 55.6 Å². The molecule has 0 fully saturated rings. The first-order chi connectivity index (χ1) is 8.90. The van der Waals surface area contributed by atoms with Crippen LogP contribution >= 0.6 is 43.5 Å². The minimum absolute atomic E-state index is 0.241. The molecule has 0 bridgehead atoms. The number of rotatable bonds is 2. The van der Waals surface area contributed by atoms with E-state index >= 15 is 0 Å². The van der Waals surface area contributed by atoms with Crippen molar-refractivity contribution in [2.45, 2.75) is 11.8 Å². The Morgan fingerprint density at radius 2 is 1.79 bits per heavy atom. The van der Waals surface area contributed by atoms with E-state index in [4.69, 9.17) is 11.6 Å². The van der Waals surface area contributed by atoms with Crippen molar-refractivity contribution in [2.75, 3.05) is 0 Å². The van der Waals surface area contributed by atoms with Crippen molar-refractivity contribution >= 4 is 43.5 Å². The normalized spacial score (nSPS) is 12.5. The van der Waals surface area contributed by atoms with E-state index in [1.165, 1.54) is 18.2 Å². The summed E-state index contributed by atoms with van der Waals surface area (Å²) >= 11 is 12.9. The Hall–Kier alpha value is -0.450. The van der Waals surface area contributed by atoms with Crippen LogP contribution in [-0.2, 0) is 0 Å². The molecule has 0 amide bonds. The van der Waals surface area contributed by atoms with Crippen molar-refractivity contribution in [3.8, 4) is 0 Å². The Kier molecular flexibility index (Phi) is 4.64. The molecule has 100 valence electrons. The quantitative estimate of drug-likeness (QED) is 0.519. The van der Waals surface area contributed by atoms with Crippen LogP contribution in [0.1, 0.15) is 21.5 Å². The predicted octanol–water partition coefficient (Wildman–Crippen LogP) is 6.17. The Morgan fingerprint density at radius 1 is 1.11 bits per heavy atom. The van der Waals surface area contributed by atoms with Crippen LogP contribution in [0.15, 0.2) is 34.8 Å². The van der Waals surface area contributed by atoms with Crippen LogP contribution in [0.5, 0.6) is 0 Å². The van der Waals surface area contributed by atoms with Gasteiger partial charge in [-0.15, -0.1) is 0 Å². The predicted molar refractivity (Wildman–Crippen MR) is 81.0 cm³/mol. The summed E-state index contributed by atoms with van der Waals surface area (Å²) in [5.41, 5.74) is 2.09. The number of hydrogen-bond acceptors (Lipinski definition) is 0. The minimum atomic E-state index is -0.341. The highest BCUT2D eigenvalue weighted by molar-refractivity contribution is 9.11. The summed E-state index contributed by atoms with van der Waals surface area (Å²) in [6.07, 6.45) is 0. The molecule has 0 saturated carbocycles. The number of halogens is 5. The van der Waals surface area contributed by atoms with Gasteiger partial charge in [0.05, 0.1) is 4.83 Å². The van der Waals surface area contributed by atoms with Crippen LogP contribution in [-0.4, -0.2) is 0 Å². The van der Waals surface area contributed by atoms with Crippen molar-refractivity contribution in [2.24, 2.45) is 0 Å². The smallest absolute Gasteiger partial charge is 0.127 e. The lowest BCUT2D eigenvalue weighted by atomic mass is 10.0. The zero-order valence-corrected chi connectivity index (χ0v) is 13.8. The van der Waals surface area contributed by atoms with Gasteiger partial charge in [-0.3, -0.25) is 0 Å². The van der Waals surface area contributed by atoms with Crippen molar-refractivity contribution in [3.63, 3.8) is 0 Å². The molecule has 0 aliphatic heterocycles. The Morgan fingerprint density at radius 3 is 2.42 bits per heavy atom. The van der Waals surface area contributed by atoms with Gasteiger partial charge < -0.3 is 0 Å². The van der Waals surface area contributed by atoms with Gasteiger partial charge in [0.1, 0.15) is 11.6 Å². The molecule has 5 heteroatoms. The van der Waals surface area contributed by atoms with Crippen molar-refractivity contribution in [3.05, 3.63) is 68.2 Å². The van der Waals surface area contributed by atoms with E-state index in [-0.39, 0.29) is 16.5 Å². The van der Waals surface area contributed by atoms with E-state index in [9.17, 15) is 8.78 Å². The van der Waals surface area contributed by atoms with Gasteiger partial charge in [0.25, 0.3) is 0 Å². The van der Waals surface area contributed by atoms with Crippen molar-refractivity contribution < 1.29 is 8.78 Å². The maximum Gasteiger partial charge on any atom is 0.127 e. The lowest BCUT2D eigenvalue weighted by molar-refractivity contribution is 0.618. The fourth-order valence-corrected chi connectivity index (χ4v) is 3.80. The summed E-state index contributed by atoms with van der Waals surface area (Å²) in [7, 11) is 0. The molecule has 2 aromatic carbocycles. The molecule has 0 radical (unpaired) electrons. The molecule has 0 N–H and O–H groups in total. The van der Waals surface area contributed by atoms with Crippen LogP contribution in [0, 0.1) is 18.6 Å². The first-order valence-electron chi connectivity index (χ1n) is 5.44. The molecule has 0 aliphatic rings. The summed E-state index contributed by atoms with van der Waals surface area (Å²) in [5, 5.41) is 0.334. The Bertz CT molecular complexity index is 629. The lowest BCUT2D eigenvalue weighted by Gasteiger charge is -2.15. The highest BCUT2D eigenvalue weighted by atomic mass is 79.9. The molecule has 0 heterocycles. The molecular weight excluding hydrogens is 401 g/mol. The van der Waals surface area contributed by atoms with E-state index in [2.05, 4.69) is 31.9 Å². The summed E-state index contributed by atoms with van der Waals surface area (Å²) in [5.74, 6) is -0.664. The van der Waals surface area contributed by atoms with Gasteiger partial charge in [0, 0.05) is 9.50 Å². The van der Waals surface area contributed by atoms with Crippen molar-refractivity contribution in [1.29, 1.82) is 0 Å². The molecule has 0 saturated heterocycles. The van der Waals surface area contributed by atoms with Gasteiger partial charge in [-0.2, -0.15) is 0 Å². The van der Waals surface area contributed by atoms with Crippen LogP contribution in [0.2, 0.25) is 5.02 Å². The van der Waals surface area contributed by atoms with Crippen LogP contribution in [0.25, 0.3) is 0 Å². The van der Waals surface area contributed by atoms with E-state index in [0.717, 1.165) is 11.1 Å². The molecule has 2 rings (SSSR count). The van der Waals surface area contributed by atoms with Gasteiger partial charge >= 0.3 is 0 Å². The maximum absolute atomic E-state index is 13.4. The molecule has 0 aromatic heterocycles. The van der Waals surface area contributed by atoms with E-state index in [0.29, 0.717) is 15.1 Å². The first kappa shape index (κ1) is 14.9. The number of benzene rings is 2. The number of hydrogen-bond donors (Lipinski definition) is 0. The van der Waals surface area contributed by atoms with Gasteiger partial charge in [0.2, 0.25) is 0 Å². The summed E-state index contributed by atoms with van der Waals surface area (Å²) in [4.78, 5) is -0.241. The zero-order chi connectivity index (χ0) is 14.2. The SMILES string of the molecule is Cc1cc(C(Br)c2ccc(F)cc2Br)c(Cl)cc1F. The Labute approximate surface area is 132 Å².